The fourth-order valence-corrected chi connectivity index (χ4v) is 3.42. The topological polar surface area (TPSA) is 63.3 Å². The van der Waals surface area contributed by atoms with Gasteiger partial charge in [-0.2, -0.15) is 0 Å². The van der Waals surface area contributed by atoms with Crippen LogP contribution in [0.2, 0.25) is 15.5 Å². The van der Waals surface area contributed by atoms with Crippen molar-refractivity contribution in [2.45, 2.75) is 27.9 Å². The van der Waals surface area contributed by atoms with E-state index in [0.717, 1.165) is 0 Å². The smallest absolute Gasteiger partial charge is 0.177 e. The number of rotatable bonds is 1. The number of nitrogens with two attached hydrogens (primary N) is 1. The first kappa shape index (κ1) is 21.0. The molecule has 2 unspecified atom stereocenters. The van der Waals surface area contributed by atoms with Gasteiger partial charge in [-0.3, -0.25) is 4.79 Å². The van der Waals surface area contributed by atoms with Crippen molar-refractivity contribution in [1.82, 2.24) is 0 Å². The first-order chi connectivity index (χ1) is 11.0. The molecule has 25 heavy (non-hydrogen) atoms. The maximum absolute atomic E-state index is 12.9. The molecule has 3 nitrogen and oxygen atoms in total. The molecular formula is C12H5B9ClNO2. The number of carbonyl (C=O) groups excluding carboxylic acids is 1. The quantitative estimate of drug-likeness (QED) is 0.506. The Kier molecular flexibility index (Phi) is 4.90. The predicted molar refractivity (Wildman–Crippen MR) is 108 cm³/mol. The number of ketones is 1. The summed E-state index contributed by atoms with van der Waals surface area (Å²) >= 11 is 6.19. The van der Waals surface area contributed by atoms with Crippen LogP contribution >= 0.6 is 11.6 Å². The Morgan fingerprint density at radius 1 is 0.920 bits per heavy atom. The summed E-state index contributed by atoms with van der Waals surface area (Å²) in [5.41, 5.74) is -0.134. The van der Waals surface area contributed by atoms with Crippen LogP contribution in [-0.2, 0) is 10.3 Å². The van der Waals surface area contributed by atoms with Gasteiger partial charge in [0, 0.05) is 5.02 Å². The minimum absolute atomic E-state index is 0.132. The minimum atomic E-state index is -2.57. The van der Waals surface area contributed by atoms with Gasteiger partial charge in [0.15, 0.2) is 5.78 Å². The fraction of sp³-hybridized carbons (Fsp3) is 0.417. The molecule has 0 amide bonds. The van der Waals surface area contributed by atoms with Crippen LogP contribution in [0.25, 0.3) is 0 Å². The van der Waals surface area contributed by atoms with Crippen LogP contribution in [0.4, 0.5) is 0 Å². The number of aliphatic hydroxyl groups is 1. The van der Waals surface area contributed by atoms with E-state index in [1.54, 1.807) is 0 Å². The largest absolute Gasteiger partial charge is 0.392 e. The van der Waals surface area contributed by atoms with Crippen LogP contribution in [0.5, 0.6) is 0 Å². The lowest BCUT2D eigenvalue weighted by atomic mass is 9.19. The molecule has 1 saturated carbocycles. The highest BCUT2D eigenvalue weighted by Gasteiger charge is 2.64. The second-order valence-corrected chi connectivity index (χ2v) is 6.87. The van der Waals surface area contributed by atoms with Crippen LogP contribution in [-0.4, -0.2) is 87.0 Å². The van der Waals surface area contributed by atoms with Gasteiger partial charge in [-0.05, 0) is 12.0 Å². The van der Waals surface area contributed by atoms with E-state index in [2.05, 4.69) is 0 Å². The van der Waals surface area contributed by atoms with E-state index in [4.69, 9.17) is 88.0 Å². The Hall–Kier alpha value is -0.316. The fourth-order valence-electron chi connectivity index (χ4n) is 3.07. The van der Waals surface area contributed by atoms with Gasteiger partial charge in [-0.1, -0.05) is 27.7 Å². The van der Waals surface area contributed by atoms with E-state index in [1.807, 2.05) is 0 Å². The summed E-state index contributed by atoms with van der Waals surface area (Å²) in [6, 6.07) is 0. The second kappa shape index (κ2) is 5.84. The molecule has 0 heterocycles. The van der Waals surface area contributed by atoms with Crippen molar-refractivity contribution in [3.8, 4) is 0 Å². The molecule has 1 aromatic carbocycles. The molecule has 1 fully saturated rings. The molecule has 0 spiro atoms. The molecule has 0 aliphatic heterocycles. The lowest BCUT2D eigenvalue weighted by Gasteiger charge is -2.62. The third-order valence-electron chi connectivity index (χ3n) is 4.73. The molecule has 1 aliphatic carbocycles. The van der Waals surface area contributed by atoms with Crippen molar-refractivity contribution >= 4 is 110 Å². The highest BCUT2D eigenvalue weighted by Crippen LogP contribution is 2.61. The van der Waals surface area contributed by atoms with Gasteiger partial charge in [0.05, 0.1) is 42.4 Å². The highest BCUT2D eigenvalue weighted by molar-refractivity contribution is 6.66. The summed E-state index contributed by atoms with van der Waals surface area (Å²) in [6.07, 6.45) is -0.678. The van der Waals surface area contributed by atoms with E-state index in [9.17, 15) is 9.90 Å². The van der Waals surface area contributed by atoms with Crippen molar-refractivity contribution in [2.75, 3.05) is 0 Å². The monoisotopic (exact) mass is 329 g/mol. The third kappa shape index (κ3) is 2.58. The molecule has 2 atom stereocenters. The molecule has 1 aliphatic rings. The standard InChI is InChI=1S/C12H5B9ClNO2/c13-3-2(7(22)6(16)5(15)4(3)14)11(23)8(24)9(17,25)1-10(18,19)12(11,20)21/h25H,1,23H2. The first-order valence-corrected chi connectivity index (χ1v) is 7.34. The van der Waals surface area contributed by atoms with E-state index >= 15 is 0 Å². The van der Waals surface area contributed by atoms with Crippen molar-refractivity contribution < 1.29 is 9.90 Å². The van der Waals surface area contributed by atoms with Crippen molar-refractivity contribution in [3.05, 3.63) is 10.6 Å². The zero-order valence-electron chi connectivity index (χ0n) is 13.2. The molecule has 104 valence electrons. The first-order valence-electron chi connectivity index (χ1n) is 6.96. The molecule has 18 radical (unpaired) electrons. The summed E-state index contributed by atoms with van der Waals surface area (Å²) in [5, 5.41) is 5.50. The van der Waals surface area contributed by atoms with Crippen LogP contribution in [0, 0.1) is 0 Å². The van der Waals surface area contributed by atoms with Gasteiger partial charge in [-0.25, -0.2) is 0 Å². The zero-order valence-corrected chi connectivity index (χ0v) is 14.0. The summed E-state index contributed by atoms with van der Waals surface area (Å²) in [5.74, 6) is -1.21. The molecule has 13 heteroatoms. The zero-order chi connectivity index (χ0) is 19.7. The minimum Gasteiger partial charge on any atom is -0.392 e. The molecule has 2 rings (SSSR count). The molecule has 1 aromatic rings. The number of carbonyl (C=O) groups is 1. The number of hydrogen-bond acceptors (Lipinski definition) is 3. The normalized spacial score (nSPS) is 30.9. The van der Waals surface area contributed by atoms with Crippen LogP contribution in [0.3, 0.4) is 0 Å². The number of Topliss-reactive ketones (excluding diaryl/α,β-unsaturated/α-hetero) is 1. The van der Waals surface area contributed by atoms with Gasteiger partial charge in [0.1, 0.15) is 39.2 Å². The number of benzene rings is 1. The molecule has 3 N–H and O–H groups in total. The number of hydrogen-bond donors (Lipinski definition) is 2. The maximum atomic E-state index is 12.9. The average molecular weight is 328 g/mol. The van der Waals surface area contributed by atoms with E-state index in [0.29, 0.717) is 0 Å². The Balaban J connectivity index is 2.99. The molecule has 0 bridgehead atoms. The summed E-state index contributed by atoms with van der Waals surface area (Å²) in [6.45, 7) is 0. The summed E-state index contributed by atoms with van der Waals surface area (Å²) < 4.78 is 0. The molecule has 0 aromatic heterocycles. The van der Waals surface area contributed by atoms with E-state index in [-0.39, 0.29) is 32.4 Å². The molecule has 0 saturated heterocycles. The van der Waals surface area contributed by atoms with Crippen molar-refractivity contribution in [3.63, 3.8) is 0 Å². The number of halogens is 1. The van der Waals surface area contributed by atoms with Gasteiger partial charge < -0.3 is 10.8 Å². The van der Waals surface area contributed by atoms with Gasteiger partial charge in [-0.15, -0.1) is 16.1 Å². The Morgan fingerprint density at radius 3 is 1.84 bits per heavy atom. The average Bonchev–Trinajstić information content (AvgIpc) is 2.47. The van der Waals surface area contributed by atoms with Crippen molar-refractivity contribution in [1.29, 1.82) is 0 Å². The maximum Gasteiger partial charge on any atom is 0.177 e. The molecular weight excluding hydrogens is 323 g/mol. The second-order valence-electron chi connectivity index (χ2n) is 6.49. The lowest BCUT2D eigenvalue weighted by molar-refractivity contribution is -0.141. The summed E-state index contributed by atoms with van der Waals surface area (Å²) in [4.78, 5) is 12.9. The Morgan fingerprint density at radius 2 is 1.36 bits per heavy atom. The predicted octanol–water partition coefficient (Wildman–Crippen LogP) is -5.59. The van der Waals surface area contributed by atoms with Crippen LogP contribution in [0.1, 0.15) is 12.0 Å². The third-order valence-corrected chi connectivity index (χ3v) is 5.12. The SMILES string of the molecule is [B]c1c([B])c([B])c(C2(N)C(=O)C([B])(O)CC([B])([B])C2([B])[B])c(Cl)c1[B]. The Labute approximate surface area is 164 Å². The highest BCUT2D eigenvalue weighted by atomic mass is 35.5. The van der Waals surface area contributed by atoms with Crippen LogP contribution in [0.15, 0.2) is 0 Å². The van der Waals surface area contributed by atoms with Gasteiger partial charge >= 0.3 is 0 Å². The van der Waals surface area contributed by atoms with E-state index < -0.39 is 33.7 Å². The van der Waals surface area contributed by atoms with Gasteiger partial charge in [0.25, 0.3) is 0 Å². The van der Waals surface area contributed by atoms with Crippen LogP contribution < -0.4 is 27.6 Å². The lowest BCUT2D eigenvalue weighted by Crippen LogP contribution is -2.72. The summed E-state index contributed by atoms with van der Waals surface area (Å²) in [7, 11) is 52.7. The van der Waals surface area contributed by atoms with Crippen molar-refractivity contribution in [2.24, 2.45) is 5.73 Å². The van der Waals surface area contributed by atoms with Gasteiger partial charge in [0.2, 0.25) is 0 Å². The van der Waals surface area contributed by atoms with E-state index in [1.165, 1.54) is 0 Å². The Bertz CT molecular complexity index is 753.